The standard InChI is InChI=1S/C19H22N2O6/c1-24-12-11-21(15-7-9-16(25-2)10-8-15)19(23)27-17-6-4-5-14(13-17)20-18(22)26-3/h4-10,13H,11-12H2,1-3H3,(H,20,22). The molecule has 0 saturated carbocycles. The maximum Gasteiger partial charge on any atom is 0.419 e. The minimum atomic E-state index is -0.613. The van der Waals surface area contributed by atoms with E-state index in [1.807, 2.05) is 0 Å². The number of anilines is 2. The van der Waals surface area contributed by atoms with Crippen LogP contribution in [0, 0.1) is 0 Å². The van der Waals surface area contributed by atoms with E-state index in [0.717, 1.165) is 0 Å². The van der Waals surface area contributed by atoms with Crippen molar-refractivity contribution < 1.29 is 28.5 Å². The molecule has 27 heavy (non-hydrogen) atoms. The third-order valence-electron chi connectivity index (χ3n) is 3.59. The molecular weight excluding hydrogens is 352 g/mol. The van der Waals surface area contributed by atoms with Crippen LogP contribution >= 0.6 is 0 Å². The maximum absolute atomic E-state index is 12.7. The number of hydrogen-bond donors (Lipinski definition) is 1. The van der Waals surface area contributed by atoms with E-state index in [9.17, 15) is 9.59 Å². The van der Waals surface area contributed by atoms with E-state index in [2.05, 4.69) is 10.1 Å². The van der Waals surface area contributed by atoms with E-state index in [-0.39, 0.29) is 5.75 Å². The highest BCUT2D eigenvalue weighted by molar-refractivity contribution is 5.90. The van der Waals surface area contributed by atoms with E-state index >= 15 is 0 Å². The number of carbonyl (C=O) groups excluding carboxylic acids is 2. The Kier molecular flexibility index (Phi) is 7.45. The van der Waals surface area contributed by atoms with E-state index in [1.165, 1.54) is 18.1 Å². The van der Waals surface area contributed by atoms with E-state index in [0.29, 0.717) is 30.3 Å². The fourth-order valence-corrected chi connectivity index (χ4v) is 2.23. The number of nitrogens with zero attached hydrogens (tertiary/aromatic N) is 1. The number of ether oxygens (including phenoxy) is 4. The third-order valence-corrected chi connectivity index (χ3v) is 3.59. The Morgan fingerprint density at radius 1 is 1.00 bits per heavy atom. The van der Waals surface area contributed by atoms with Gasteiger partial charge < -0.3 is 18.9 Å². The summed E-state index contributed by atoms with van der Waals surface area (Å²) in [6.45, 7) is 0.646. The fourth-order valence-electron chi connectivity index (χ4n) is 2.23. The first-order valence-corrected chi connectivity index (χ1v) is 8.14. The van der Waals surface area contributed by atoms with Crippen LogP contribution in [0.3, 0.4) is 0 Å². The van der Waals surface area contributed by atoms with E-state index in [4.69, 9.17) is 14.2 Å². The van der Waals surface area contributed by atoms with Crippen molar-refractivity contribution in [2.45, 2.75) is 0 Å². The van der Waals surface area contributed by atoms with E-state index < -0.39 is 12.2 Å². The van der Waals surface area contributed by atoms with Crippen molar-refractivity contribution in [2.75, 3.05) is 44.7 Å². The molecule has 0 radical (unpaired) electrons. The molecular formula is C19H22N2O6. The van der Waals surface area contributed by atoms with Crippen molar-refractivity contribution in [3.05, 3.63) is 48.5 Å². The predicted molar refractivity (Wildman–Crippen MR) is 101 cm³/mol. The number of methoxy groups -OCH3 is 3. The van der Waals surface area contributed by atoms with Crippen LogP contribution in [0.1, 0.15) is 0 Å². The maximum atomic E-state index is 12.7. The molecule has 8 heteroatoms. The molecule has 8 nitrogen and oxygen atoms in total. The van der Waals surface area contributed by atoms with Gasteiger partial charge in [0.25, 0.3) is 0 Å². The van der Waals surface area contributed by atoms with Gasteiger partial charge in [0.2, 0.25) is 0 Å². The molecule has 0 aliphatic heterocycles. The van der Waals surface area contributed by atoms with Gasteiger partial charge in [-0.25, -0.2) is 9.59 Å². The Balaban J connectivity index is 2.15. The molecule has 2 rings (SSSR count). The molecule has 0 aromatic heterocycles. The summed E-state index contributed by atoms with van der Waals surface area (Å²) >= 11 is 0. The first-order chi connectivity index (χ1) is 13.1. The Morgan fingerprint density at radius 2 is 1.74 bits per heavy atom. The van der Waals surface area contributed by atoms with Crippen LogP contribution < -0.4 is 19.7 Å². The summed E-state index contributed by atoms with van der Waals surface area (Å²) < 4.78 is 20.2. The summed E-state index contributed by atoms with van der Waals surface area (Å²) in [5.41, 5.74) is 1.08. The summed E-state index contributed by atoms with van der Waals surface area (Å²) in [7, 11) is 4.39. The second-order valence-corrected chi connectivity index (χ2v) is 5.35. The second-order valence-electron chi connectivity index (χ2n) is 5.35. The zero-order valence-electron chi connectivity index (χ0n) is 15.4. The first kappa shape index (κ1) is 20.1. The van der Waals surface area contributed by atoms with Gasteiger partial charge >= 0.3 is 12.2 Å². The lowest BCUT2D eigenvalue weighted by molar-refractivity contribution is 0.187. The summed E-state index contributed by atoms with van der Waals surface area (Å²) in [5, 5.41) is 2.51. The summed E-state index contributed by atoms with van der Waals surface area (Å²) in [6, 6.07) is 13.5. The number of benzene rings is 2. The lowest BCUT2D eigenvalue weighted by Crippen LogP contribution is -2.36. The van der Waals surface area contributed by atoms with Crippen molar-refractivity contribution >= 4 is 23.6 Å². The van der Waals surface area contributed by atoms with Crippen LogP contribution in [0.25, 0.3) is 0 Å². The van der Waals surface area contributed by atoms with Crippen LogP contribution in [0.15, 0.2) is 48.5 Å². The number of amides is 2. The quantitative estimate of drug-likeness (QED) is 0.798. The van der Waals surface area contributed by atoms with Gasteiger partial charge in [-0.2, -0.15) is 0 Å². The van der Waals surface area contributed by atoms with Gasteiger partial charge in [0, 0.05) is 24.6 Å². The smallest absolute Gasteiger partial charge is 0.419 e. The molecule has 144 valence electrons. The molecule has 0 heterocycles. The zero-order chi connectivity index (χ0) is 19.6. The highest BCUT2D eigenvalue weighted by atomic mass is 16.6. The molecule has 0 bridgehead atoms. The SMILES string of the molecule is COCCN(C(=O)Oc1cccc(NC(=O)OC)c1)c1ccc(OC)cc1. The lowest BCUT2D eigenvalue weighted by Gasteiger charge is -2.22. The van der Waals surface area contributed by atoms with Crippen molar-refractivity contribution in [1.82, 2.24) is 0 Å². The van der Waals surface area contributed by atoms with Gasteiger partial charge in [-0.3, -0.25) is 10.2 Å². The van der Waals surface area contributed by atoms with Gasteiger partial charge in [-0.1, -0.05) is 6.07 Å². The molecule has 0 spiro atoms. The van der Waals surface area contributed by atoms with Crippen molar-refractivity contribution in [3.8, 4) is 11.5 Å². The molecule has 0 aliphatic carbocycles. The van der Waals surface area contributed by atoms with Gasteiger partial charge in [0.15, 0.2) is 0 Å². The highest BCUT2D eigenvalue weighted by Gasteiger charge is 2.18. The number of hydrogen-bond acceptors (Lipinski definition) is 6. The molecule has 0 aliphatic rings. The Labute approximate surface area is 157 Å². The first-order valence-electron chi connectivity index (χ1n) is 8.14. The molecule has 0 unspecified atom stereocenters. The normalized spacial score (nSPS) is 10.0. The molecule has 2 aromatic rings. The number of rotatable bonds is 7. The van der Waals surface area contributed by atoms with Gasteiger partial charge in [-0.05, 0) is 36.4 Å². The van der Waals surface area contributed by atoms with Crippen LogP contribution in [0.4, 0.5) is 21.0 Å². The monoisotopic (exact) mass is 374 g/mol. The minimum Gasteiger partial charge on any atom is -0.497 e. The van der Waals surface area contributed by atoms with Crippen LogP contribution in [0.5, 0.6) is 11.5 Å². The Hall–Kier alpha value is -3.26. The average molecular weight is 374 g/mol. The molecule has 0 saturated heterocycles. The molecule has 1 N–H and O–H groups in total. The summed E-state index contributed by atoms with van der Waals surface area (Å²) in [5.74, 6) is 0.963. The summed E-state index contributed by atoms with van der Waals surface area (Å²) in [6.07, 6.45) is -1.19. The van der Waals surface area contributed by atoms with Crippen molar-refractivity contribution in [1.29, 1.82) is 0 Å². The van der Waals surface area contributed by atoms with Gasteiger partial charge in [0.05, 0.1) is 27.4 Å². The fraction of sp³-hybridized carbons (Fsp3) is 0.263. The summed E-state index contributed by atoms with van der Waals surface area (Å²) in [4.78, 5) is 25.4. The highest BCUT2D eigenvalue weighted by Crippen LogP contribution is 2.22. The van der Waals surface area contributed by atoms with Crippen molar-refractivity contribution in [2.24, 2.45) is 0 Å². The minimum absolute atomic E-state index is 0.282. The largest absolute Gasteiger partial charge is 0.497 e. The lowest BCUT2D eigenvalue weighted by atomic mass is 10.2. The Bertz CT molecular complexity index is 763. The molecule has 0 atom stereocenters. The van der Waals surface area contributed by atoms with E-state index in [1.54, 1.807) is 56.7 Å². The van der Waals surface area contributed by atoms with Crippen LogP contribution in [-0.4, -0.2) is 46.7 Å². The number of carbonyl (C=O) groups is 2. The molecule has 2 aromatic carbocycles. The predicted octanol–water partition coefficient (Wildman–Crippen LogP) is 3.53. The van der Waals surface area contributed by atoms with Crippen LogP contribution in [-0.2, 0) is 9.47 Å². The third kappa shape index (κ3) is 5.89. The topological polar surface area (TPSA) is 86.3 Å². The van der Waals surface area contributed by atoms with Gasteiger partial charge in [0.1, 0.15) is 11.5 Å². The molecule has 0 fully saturated rings. The molecule has 2 amide bonds. The zero-order valence-corrected chi connectivity index (χ0v) is 15.4. The second kappa shape index (κ2) is 10.0. The van der Waals surface area contributed by atoms with Gasteiger partial charge in [-0.15, -0.1) is 0 Å². The Morgan fingerprint density at radius 3 is 2.37 bits per heavy atom. The average Bonchev–Trinajstić information content (AvgIpc) is 2.69. The number of nitrogens with one attached hydrogen (secondary N) is 1. The van der Waals surface area contributed by atoms with Crippen LogP contribution in [0.2, 0.25) is 0 Å². The van der Waals surface area contributed by atoms with Crippen molar-refractivity contribution in [3.63, 3.8) is 0 Å².